The predicted molar refractivity (Wildman–Crippen MR) is 79.0 cm³/mol. The van der Waals surface area contributed by atoms with Gasteiger partial charge in [0.2, 0.25) is 0 Å². The summed E-state index contributed by atoms with van der Waals surface area (Å²) in [6.45, 7) is 8.87. The number of aliphatic hydroxyl groups is 1. The Morgan fingerprint density at radius 2 is 2.29 bits per heavy atom. The van der Waals surface area contributed by atoms with E-state index in [1.165, 1.54) is 0 Å². The fraction of sp³-hybridized carbons (Fsp3) is 0.733. The van der Waals surface area contributed by atoms with Gasteiger partial charge in [0, 0.05) is 24.7 Å². The number of nitrogens with one attached hydrogen (secondary N) is 1. The Labute approximate surface area is 125 Å². The number of hydrogen-bond donors (Lipinski definition) is 2. The number of urea groups is 1. The summed E-state index contributed by atoms with van der Waals surface area (Å²) in [6.07, 6.45) is 1.11. The summed E-state index contributed by atoms with van der Waals surface area (Å²) in [7, 11) is 0. The summed E-state index contributed by atoms with van der Waals surface area (Å²) >= 11 is 0. The van der Waals surface area contributed by atoms with E-state index in [0.717, 1.165) is 23.4 Å². The molecule has 2 amide bonds. The van der Waals surface area contributed by atoms with Crippen LogP contribution in [0.5, 0.6) is 0 Å². The smallest absolute Gasteiger partial charge is 0.317 e. The van der Waals surface area contributed by atoms with Crippen LogP contribution in [0.1, 0.15) is 37.3 Å². The van der Waals surface area contributed by atoms with Crippen molar-refractivity contribution < 1.29 is 14.4 Å². The molecule has 0 saturated carbocycles. The molecule has 0 spiro atoms. The van der Waals surface area contributed by atoms with Crippen molar-refractivity contribution in [3.05, 3.63) is 17.0 Å². The highest BCUT2D eigenvalue weighted by molar-refractivity contribution is 5.74. The average molecular weight is 295 g/mol. The lowest BCUT2D eigenvalue weighted by atomic mass is 9.96. The topological polar surface area (TPSA) is 78.6 Å². The SMILES string of the molecule is Cc1noc(C)c1CC(C)NC(=O)N1CCC(C)C(O)C1. The number of likely N-dealkylation sites (tertiary alicyclic amines) is 1. The van der Waals surface area contributed by atoms with E-state index >= 15 is 0 Å². The van der Waals surface area contributed by atoms with Gasteiger partial charge in [0.15, 0.2) is 0 Å². The van der Waals surface area contributed by atoms with E-state index in [2.05, 4.69) is 10.5 Å². The minimum atomic E-state index is -0.428. The molecule has 3 atom stereocenters. The maximum atomic E-state index is 12.2. The molecule has 1 aromatic rings. The van der Waals surface area contributed by atoms with Gasteiger partial charge in [-0.15, -0.1) is 0 Å². The first-order chi connectivity index (χ1) is 9.88. The van der Waals surface area contributed by atoms with Crippen LogP contribution < -0.4 is 5.32 Å². The van der Waals surface area contributed by atoms with Gasteiger partial charge < -0.3 is 19.8 Å². The largest absolute Gasteiger partial charge is 0.391 e. The van der Waals surface area contributed by atoms with Gasteiger partial charge >= 0.3 is 6.03 Å². The molecular weight excluding hydrogens is 270 g/mol. The second-order valence-corrected chi connectivity index (χ2v) is 6.14. The van der Waals surface area contributed by atoms with Crippen LogP contribution in [-0.2, 0) is 6.42 Å². The van der Waals surface area contributed by atoms with Gasteiger partial charge in [0.25, 0.3) is 0 Å². The lowest BCUT2D eigenvalue weighted by Gasteiger charge is -2.34. The predicted octanol–water partition coefficient (Wildman–Crippen LogP) is 1.63. The third kappa shape index (κ3) is 3.75. The highest BCUT2D eigenvalue weighted by atomic mass is 16.5. The Kier molecular flexibility index (Phi) is 4.88. The lowest BCUT2D eigenvalue weighted by molar-refractivity contribution is 0.0431. The Bertz CT molecular complexity index is 481. The first kappa shape index (κ1) is 15.8. The zero-order valence-corrected chi connectivity index (χ0v) is 13.2. The van der Waals surface area contributed by atoms with Crippen LogP contribution in [0.3, 0.4) is 0 Å². The third-order valence-corrected chi connectivity index (χ3v) is 4.27. The van der Waals surface area contributed by atoms with Crippen molar-refractivity contribution in [2.24, 2.45) is 5.92 Å². The number of nitrogens with zero attached hydrogens (tertiary/aromatic N) is 2. The number of hydrogen-bond acceptors (Lipinski definition) is 4. The number of piperidine rings is 1. The molecular formula is C15H25N3O3. The van der Waals surface area contributed by atoms with E-state index in [4.69, 9.17) is 4.52 Å². The van der Waals surface area contributed by atoms with Crippen molar-refractivity contribution in [3.8, 4) is 0 Å². The number of aryl methyl sites for hydroxylation is 2. The monoisotopic (exact) mass is 295 g/mol. The fourth-order valence-electron chi connectivity index (χ4n) is 2.69. The minimum Gasteiger partial charge on any atom is -0.391 e. The number of β-amino-alcohol motifs (C(OH)–C–C–N with tert-alkyl or cyclic N) is 1. The Balaban J connectivity index is 1.88. The standard InChI is InChI=1S/C15H25N3O3/c1-9-5-6-18(8-14(9)19)15(20)16-10(2)7-13-11(3)17-21-12(13)4/h9-10,14,19H,5-8H2,1-4H3,(H,16,20). The van der Waals surface area contributed by atoms with Crippen LogP contribution in [0.2, 0.25) is 0 Å². The van der Waals surface area contributed by atoms with E-state index in [9.17, 15) is 9.90 Å². The molecule has 118 valence electrons. The van der Waals surface area contributed by atoms with Crippen molar-refractivity contribution in [3.63, 3.8) is 0 Å². The van der Waals surface area contributed by atoms with Crippen LogP contribution in [0.15, 0.2) is 4.52 Å². The number of aromatic nitrogens is 1. The van der Waals surface area contributed by atoms with E-state index in [-0.39, 0.29) is 18.0 Å². The minimum absolute atomic E-state index is 0.00853. The summed E-state index contributed by atoms with van der Waals surface area (Å²) in [5.74, 6) is 1.06. The van der Waals surface area contributed by atoms with Crippen molar-refractivity contribution in [2.45, 2.75) is 52.7 Å². The maximum Gasteiger partial charge on any atom is 0.317 e. The summed E-state index contributed by atoms with van der Waals surface area (Å²) in [5, 5.41) is 16.8. The molecule has 2 rings (SSSR count). The van der Waals surface area contributed by atoms with Gasteiger partial charge in [0.1, 0.15) is 5.76 Å². The first-order valence-corrected chi connectivity index (χ1v) is 7.53. The molecule has 6 heteroatoms. The van der Waals surface area contributed by atoms with Crippen LogP contribution in [0.4, 0.5) is 4.79 Å². The second-order valence-electron chi connectivity index (χ2n) is 6.14. The van der Waals surface area contributed by atoms with Gasteiger partial charge in [-0.3, -0.25) is 0 Å². The Morgan fingerprint density at radius 3 is 2.86 bits per heavy atom. The number of carbonyl (C=O) groups is 1. The third-order valence-electron chi connectivity index (χ3n) is 4.27. The zero-order valence-electron chi connectivity index (χ0n) is 13.2. The first-order valence-electron chi connectivity index (χ1n) is 7.53. The van der Waals surface area contributed by atoms with Gasteiger partial charge in [-0.2, -0.15) is 0 Å². The number of aliphatic hydroxyl groups excluding tert-OH is 1. The molecule has 2 heterocycles. The van der Waals surface area contributed by atoms with Crippen molar-refractivity contribution in [1.29, 1.82) is 0 Å². The molecule has 2 N–H and O–H groups in total. The van der Waals surface area contributed by atoms with E-state index < -0.39 is 6.10 Å². The number of amides is 2. The molecule has 1 fully saturated rings. The summed E-state index contributed by atoms with van der Waals surface area (Å²) in [4.78, 5) is 13.9. The summed E-state index contributed by atoms with van der Waals surface area (Å²) < 4.78 is 5.14. The van der Waals surface area contributed by atoms with Gasteiger partial charge in [0.05, 0.1) is 11.8 Å². The van der Waals surface area contributed by atoms with Crippen LogP contribution in [-0.4, -0.2) is 46.4 Å². The molecule has 1 aliphatic rings. The quantitative estimate of drug-likeness (QED) is 0.888. The van der Waals surface area contributed by atoms with Crippen molar-refractivity contribution >= 4 is 6.03 Å². The average Bonchev–Trinajstić information content (AvgIpc) is 2.73. The highest BCUT2D eigenvalue weighted by Gasteiger charge is 2.28. The van der Waals surface area contributed by atoms with E-state index in [0.29, 0.717) is 19.5 Å². The lowest BCUT2D eigenvalue weighted by Crippen LogP contribution is -2.51. The van der Waals surface area contributed by atoms with E-state index in [1.54, 1.807) is 4.90 Å². The van der Waals surface area contributed by atoms with Gasteiger partial charge in [-0.1, -0.05) is 12.1 Å². The van der Waals surface area contributed by atoms with Gasteiger partial charge in [-0.05, 0) is 39.5 Å². The second kappa shape index (κ2) is 6.47. The molecule has 3 unspecified atom stereocenters. The van der Waals surface area contributed by atoms with Crippen molar-refractivity contribution in [1.82, 2.24) is 15.4 Å². The molecule has 0 radical (unpaired) electrons. The molecule has 1 aromatic heterocycles. The van der Waals surface area contributed by atoms with E-state index in [1.807, 2.05) is 27.7 Å². The maximum absolute atomic E-state index is 12.2. The molecule has 21 heavy (non-hydrogen) atoms. The van der Waals surface area contributed by atoms with Crippen LogP contribution in [0.25, 0.3) is 0 Å². The molecule has 0 aliphatic carbocycles. The number of rotatable bonds is 3. The summed E-state index contributed by atoms with van der Waals surface area (Å²) in [6, 6.07) is -0.119. The molecule has 0 aromatic carbocycles. The van der Waals surface area contributed by atoms with Crippen LogP contribution >= 0.6 is 0 Å². The molecule has 6 nitrogen and oxygen atoms in total. The Morgan fingerprint density at radius 1 is 1.57 bits per heavy atom. The molecule has 1 saturated heterocycles. The normalized spacial score (nSPS) is 24.0. The molecule has 0 bridgehead atoms. The zero-order chi connectivity index (χ0) is 15.6. The highest BCUT2D eigenvalue weighted by Crippen LogP contribution is 2.18. The van der Waals surface area contributed by atoms with Gasteiger partial charge in [-0.25, -0.2) is 4.79 Å². The summed E-state index contributed by atoms with van der Waals surface area (Å²) in [5.41, 5.74) is 1.92. The fourth-order valence-corrected chi connectivity index (χ4v) is 2.69. The van der Waals surface area contributed by atoms with Crippen LogP contribution in [0, 0.1) is 19.8 Å². The molecule has 1 aliphatic heterocycles. The number of carbonyl (C=O) groups excluding carboxylic acids is 1. The Hall–Kier alpha value is -1.56. The van der Waals surface area contributed by atoms with Crippen molar-refractivity contribution in [2.75, 3.05) is 13.1 Å².